The number of hydrogen-bond acceptors (Lipinski definition) is 2. The van der Waals surface area contributed by atoms with Crippen molar-refractivity contribution >= 4 is 22.7 Å². The van der Waals surface area contributed by atoms with Crippen LogP contribution in [0.2, 0.25) is 0 Å². The van der Waals surface area contributed by atoms with Gasteiger partial charge in [-0.15, -0.1) is 0 Å². The largest absolute Gasteiger partial charge is 0.354 e. The number of hydrogen-bond donors (Lipinski definition) is 1. The molecule has 2 amide bonds. The molecule has 0 radical (unpaired) electrons. The highest BCUT2D eigenvalue weighted by Crippen LogP contribution is 2.33. The van der Waals surface area contributed by atoms with Gasteiger partial charge in [-0.1, -0.05) is 61.9 Å². The zero-order chi connectivity index (χ0) is 22.2. The summed E-state index contributed by atoms with van der Waals surface area (Å²) in [6.07, 6.45) is 0.908. The summed E-state index contributed by atoms with van der Waals surface area (Å²) in [7, 11) is 0. The van der Waals surface area contributed by atoms with E-state index in [9.17, 15) is 9.59 Å². The van der Waals surface area contributed by atoms with Crippen LogP contribution in [-0.4, -0.2) is 33.4 Å². The lowest BCUT2D eigenvalue weighted by Gasteiger charge is -2.44. The number of nitrogens with one attached hydrogen (secondary N) is 1. The molecule has 4 rings (SSSR count). The molecule has 5 nitrogen and oxygen atoms in total. The summed E-state index contributed by atoms with van der Waals surface area (Å²) in [6.45, 7) is 9.65. The first-order valence-corrected chi connectivity index (χ1v) is 11.0. The Kier molecular flexibility index (Phi) is 5.61. The van der Waals surface area contributed by atoms with E-state index < -0.39 is 5.54 Å². The zero-order valence-corrected chi connectivity index (χ0v) is 18.8. The standard InChI is InChI=1S/C26H31N3O2/c1-18(2)12-13-27-25(31)26(4)17-28-22-11-6-5-10-21(22)15-23(28)24(30)29(26)16-20-9-7-8-19(3)14-20/h5-11,14-15,18H,12-13,16-17H2,1-4H3,(H,27,31). The topological polar surface area (TPSA) is 54.3 Å². The van der Waals surface area contributed by atoms with Gasteiger partial charge in [-0.25, -0.2) is 0 Å². The van der Waals surface area contributed by atoms with Crippen LogP contribution in [0.3, 0.4) is 0 Å². The van der Waals surface area contributed by atoms with Gasteiger partial charge in [0.2, 0.25) is 5.91 Å². The minimum atomic E-state index is -0.980. The molecule has 2 heterocycles. The van der Waals surface area contributed by atoms with Crippen LogP contribution in [0.1, 0.15) is 48.8 Å². The van der Waals surface area contributed by atoms with Crippen LogP contribution in [0.5, 0.6) is 0 Å². The maximum atomic E-state index is 13.7. The van der Waals surface area contributed by atoms with Crippen LogP contribution in [0.4, 0.5) is 0 Å². The highest BCUT2D eigenvalue weighted by atomic mass is 16.2. The minimum absolute atomic E-state index is 0.0995. The first kappa shape index (κ1) is 21.2. The van der Waals surface area contributed by atoms with Crippen molar-refractivity contribution in [2.45, 2.75) is 52.7 Å². The predicted molar refractivity (Wildman–Crippen MR) is 124 cm³/mol. The average molecular weight is 418 g/mol. The van der Waals surface area contributed by atoms with Gasteiger partial charge in [-0.2, -0.15) is 0 Å². The van der Waals surface area contributed by atoms with Gasteiger partial charge < -0.3 is 14.8 Å². The number of benzene rings is 2. The van der Waals surface area contributed by atoms with E-state index in [0.717, 1.165) is 28.5 Å². The number of nitrogens with zero attached hydrogens (tertiary/aromatic N) is 2. The van der Waals surface area contributed by atoms with E-state index in [1.165, 1.54) is 0 Å². The lowest BCUT2D eigenvalue weighted by molar-refractivity contribution is -0.133. The van der Waals surface area contributed by atoms with Gasteiger partial charge in [-0.05, 0) is 43.9 Å². The first-order chi connectivity index (χ1) is 14.8. The summed E-state index contributed by atoms with van der Waals surface area (Å²) in [5.74, 6) is 0.299. The molecule has 162 valence electrons. The van der Waals surface area contributed by atoms with Crippen molar-refractivity contribution in [2.75, 3.05) is 6.54 Å². The van der Waals surface area contributed by atoms with E-state index in [1.807, 2.05) is 66.9 Å². The first-order valence-electron chi connectivity index (χ1n) is 11.0. The fourth-order valence-electron chi connectivity index (χ4n) is 4.41. The number of amides is 2. The van der Waals surface area contributed by atoms with Crippen LogP contribution in [0.15, 0.2) is 54.6 Å². The van der Waals surface area contributed by atoms with Crippen molar-refractivity contribution in [3.63, 3.8) is 0 Å². The molecule has 0 spiro atoms. The Morgan fingerprint density at radius 3 is 2.65 bits per heavy atom. The van der Waals surface area contributed by atoms with E-state index >= 15 is 0 Å². The number of fused-ring (bicyclic) bond motifs is 3. The third kappa shape index (κ3) is 3.97. The molecule has 1 aromatic heterocycles. The molecule has 0 bridgehead atoms. The van der Waals surface area contributed by atoms with Crippen LogP contribution in [0, 0.1) is 12.8 Å². The minimum Gasteiger partial charge on any atom is -0.354 e. The van der Waals surface area contributed by atoms with Crippen molar-refractivity contribution in [3.8, 4) is 0 Å². The molecule has 0 aliphatic carbocycles. The Morgan fingerprint density at radius 2 is 1.90 bits per heavy atom. The Hall–Kier alpha value is -3.08. The van der Waals surface area contributed by atoms with Crippen LogP contribution < -0.4 is 5.32 Å². The van der Waals surface area contributed by atoms with Crippen LogP contribution in [-0.2, 0) is 17.9 Å². The van der Waals surface area contributed by atoms with E-state index in [0.29, 0.717) is 31.2 Å². The zero-order valence-electron chi connectivity index (χ0n) is 18.8. The number of para-hydroxylation sites is 1. The molecule has 1 aliphatic rings. The highest BCUT2D eigenvalue weighted by molar-refractivity contribution is 6.03. The molecule has 1 atom stereocenters. The fourth-order valence-corrected chi connectivity index (χ4v) is 4.41. The Labute approximate surface area is 184 Å². The quantitative estimate of drug-likeness (QED) is 0.641. The second-order valence-corrected chi connectivity index (χ2v) is 9.27. The third-order valence-electron chi connectivity index (χ3n) is 6.26. The van der Waals surface area contributed by atoms with E-state index in [1.54, 1.807) is 4.90 Å². The predicted octanol–water partition coefficient (Wildman–Crippen LogP) is 4.53. The molecule has 2 aromatic carbocycles. The highest BCUT2D eigenvalue weighted by Gasteiger charge is 2.47. The summed E-state index contributed by atoms with van der Waals surface area (Å²) >= 11 is 0. The second-order valence-electron chi connectivity index (χ2n) is 9.27. The molecule has 5 heteroatoms. The molecule has 0 saturated heterocycles. The smallest absolute Gasteiger partial charge is 0.271 e. The monoisotopic (exact) mass is 417 g/mol. The van der Waals surface area contributed by atoms with E-state index in [2.05, 4.69) is 25.2 Å². The molecule has 0 fully saturated rings. The number of carbonyl (C=O) groups is 2. The van der Waals surface area contributed by atoms with Gasteiger partial charge in [0.25, 0.3) is 5.91 Å². The Bertz CT molecular complexity index is 1130. The normalized spacial score (nSPS) is 18.5. The molecule has 3 aromatic rings. The Balaban J connectivity index is 1.74. The van der Waals surface area contributed by atoms with Gasteiger partial charge in [0, 0.05) is 24.0 Å². The SMILES string of the molecule is Cc1cccc(CN2C(=O)c3cc4ccccc4n3CC2(C)C(=O)NCCC(C)C)c1. The van der Waals surface area contributed by atoms with Gasteiger partial charge in [0.05, 0.1) is 6.54 Å². The van der Waals surface area contributed by atoms with Crippen molar-refractivity contribution in [3.05, 3.63) is 71.4 Å². The second kappa shape index (κ2) is 8.22. The molecule has 1 aliphatic heterocycles. The molecule has 1 unspecified atom stereocenters. The van der Waals surface area contributed by atoms with Crippen molar-refractivity contribution in [1.29, 1.82) is 0 Å². The summed E-state index contributed by atoms with van der Waals surface area (Å²) in [5.41, 5.74) is 2.81. The lowest BCUT2D eigenvalue weighted by atomic mass is 9.93. The number of aromatic nitrogens is 1. The van der Waals surface area contributed by atoms with Crippen molar-refractivity contribution in [1.82, 2.24) is 14.8 Å². The summed E-state index contributed by atoms with van der Waals surface area (Å²) in [4.78, 5) is 28.9. The molecule has 31 heavy (non-hydrogen) atoms. The van der Waals surface area contributed by atoms with Crippen molar-refractivity contribution < 1.29 is 9.59 Å². The lowest BCUT2D eigenvalue weighted by Crippen LogP contribution is -2.63. The number of rotatable bonds is 6. The summed E-state index contributed by atoms with van der Waals surface area (Å²) < 4.78 is 2.01. The summed E-state index contributed by atoms with van der Waals surface area (Å²) in [5, 5.41) is 4.12. The fraction of sp³-hybridized carbons (Fsp3) is 0.385. The van der Waals surface area contributed by atoms with Crippen LogP contribution in [0.25, 0.3) is 10.9 Å². The Morgan fingerprint density at radius 1 is 1.13 bits per heavy atom. The van der Waals surface area contributed by atoms with Gasteiger partial charge in [0.1, 0.15) is 11.2 Å². The van der Waals surface area contributed by atoms with Crippen molar-refractivity contribution in [2.24, 2.45) is 5.92 Å². The van der Waals surface area contributed by atoms with Gasteiger partial charge >= 0.3 is 0 Å². The maximum absolute atomic E-state index is 13.7. The summed E-state index contributed by atoms with van der Waals surface area (Å²) in [6, 6.07) is 18.0. The van der Waals surface area contributed by atoms with Gasteiger partial charge in [-0.3, -0.25) is 9.59 Å². The molecular weight excluding hydrogens is 386 g/mol. The maximum Gasteiger partial charge on any atom is 0.271 e. The molecule has 1 N–H and O–H groups in total. The third-order valence-corrected chi connectivity index (χ3v) is 6.26. The van der Waals surface area contributed by atoms with E-state index in [-0.39, 0.29) is 11.8 Å². The van der Waals surface area contributed by atoms with E-state index in [4.69, 9.17) is 0 Å². The number of aryl methyl sites for hydroxylation is 1. The average Bonchev–Trinajstić information content (AvgIpc) is 3.09. The van der Waals surface area contributed by atoms with Gasteiger partial charge in [0.15, 0.2) is 0 Å². The molecular formula is C26H31N3O2. The van der Waals surface area contributed by atoms with Crippen LogP contribution >= 0.6 is 0 Å². The molecule has 0 saturated carbocycles. The number of carbonyl (C=O) groups excluding carboxylic acids is 2.